The third-order valence-corrected chi connectivity index (χ3v) is 5.37. The van der Waals surface area contributed by atoms with E-state index in [0.717, 1.165) is 17.5 Å². The van der Waals surface area contributed by atoms with Crippen LogP contribution in [0.3, 0.4) is 0 Å². The number of primary sulfonamides is 1. The molecule has 1 aromatic heterocycles. The lowest BCUT2D eigenvalue weighted by molar-refractivity contribution is 0.395. The van der Waals surface area contributed by atoms with Gasteiger partial charge in [-0.2, -0.15) is 0 Å². The first-order chi connectivity index (χ1) is 10.4. The molecule has 6 nitrogen and oxygen atoms in total. The zero-order valence-corrected chi connectivity index (χ0v) is 12.3. The topological polar surface area (TPSA) is 106 Å². The van der Waals surface area contributed by atoms with Crippen molar-refractivity contribution in [2.45, 2.75) is 23.2 Å². The van der Waals surface area contributed by atoms with Gasteiger partial charge in [0.15, 0.2) is 0 Å². The second kappa shape index (κ2) is 4.15. The van der Waals surface area contributed by atoms with Gasteiger partial charge >= 0.3 is 0 Å². The summed E-state index contributed by atoms with van der Waals surface area (Å²) in [5.74, 6) is 0.284. The fourth-order valence-corrected chi connectivity index (χ4v) is 3.99. The van der Waals surface area contributed by atoms with Crippen LogP contribution >= 0.6 is 0 Å². The lowest BCUT2D eigenvalue weighted by Gasteiger charge is -2.10. The van der Waals surface area contributed by atoms with Crippen molar-refractivity contribution < 1.29 is 18.6 Å². The molecule has 1 heterocycles. The van der Waals surface area contributed by atoms with Gasteiger partial charge in [0.25, 0.3) is 0 Å². The van der Waals surface area contributed by atoms with E-state index in [2.05, 4.69) is 0 Å². The smallest absolute Gasteiger partial charge is 0.238 e. The molecule has 0 saturated heterocycles. The van der Waals surface area contributed by atoms with Crippen molar-refractivity contribution in [3.05, 3.63) is 47.5 Å². The van der Waals surface area contributed by atoms with Crippen LogP contribution in [0.2, 0.25) is 0 Å². The van der Waals surface area contributed by atoms with E-state index in [9.17, 15) is 18.6 Å². The minimum Gasteiger partial charge on any atom is -0.494 e. The quantitative estimate of drug-likeness (QED) is 0.732. The van der Waals surface area contributed by atoms with E-state index in [4.69, 9.17) is 5.14 Å². The number of benzene rings is 1. The fraction of sp³-hybridized carbons (Fsp3) is 0.200. The van der Waals surface area contributed by atoms with Gasteiger partial charge in [-0.05, 0) is 30.7 Å². The molecular weight excluding hydrogens is 304 g/mol. The number of hydrogen-bond donors (Lipinski definition) is 3. The van der Waals surface area contributed by atoms with Gasteiger partial charge in [0.2, 0.25) is 21.8 Å². The number of nitrogens with zero attached hydrogens (tertiary/aromatic N) is 1. The predicted octanol–water partition coefficient (Wildman–Crippen LogP) is 1.68. The number of aromatic nitrogens is 1. The van der Waals surface area contributed by atoms with Crippen LogP contribution in [0.5, 0.6) is 11.8 Å². The maximum absolute atomic E-state index is 11.3. The molecule has 7 heteroatoms. The summed E-state index contributed by atoms with van der Waals surface area (Å²) in [5.41, 5.74) is 2.01. The molecule has 2 aromatic rings. The zero-order valence-electron chi connectivity index (χ0n) is 11.5. The van der Waals surface area contributed by atoms with Gasteiger partial charge in [0, 0.05) is 23.0 Å². The second-order valence-corrected chi connectivity index (χ2v) is 7.24. The van der Waals surface area contributed by atoms with E-state index in [1.807, 2.05) is 12.2 Å². The van der Waals surface area contributed by atoms with Crippen molar-refractivity contribution in [2.24, 2.45) is 5.14 Å². The number of rotatable bonds is 2. The highest BCUT2D eigenvalue weighted by Crippen LogP contribution is 2.57. The van der Waals surface area contributed by atoms with Crippen LogP contribution in [0.4, 0.5) is 0 Å². The summed E-state index contributed by atoms with van der Waals surface area (Å²) < 4.78 is 23.9. The summed E-state index contributed by atoms with van der Waals surface area (Å²) in [6, 6.07) is 5.70. The maximum Gasteiger partial charge on any atom is 0.238 e. The van der Waals surface area contributed by atoms with Crippen molar-refractivity contribution in [3.8, 4) is 17.4 Å². The monoisotopic (exact) mass is 318 g/mol. The first-order valence-corrected chi connectivity index (χ1v) is 8.40. The van der Waals surface area contributed by atoms with Crippen molar-refractivity contribution in [1.82, 2.24) is 4.57 Å². The van der Waals surface area contributed by atoms with E-state index in [1.165, 1.54) is 28.8 Å². The third kappa shape index (κ3) is 1.66. The molecule has 0 aliphatic heterocycles. The number of fused-ring (bicyclic) bond motifs is 5. The summed E-state index contributed by atoms with van der Waals surface area (Å²) in [4.78, 5) is -0.0170. The summed E-state index contributed by atoms with van der Waals surface area (Å²) in [5, 5.41) is 26.0. The van der Waals surface area contributed by atoms with Crippen molar-refractivity contribution >= 4 is 10.0 Å². The fourth-order valence-electron chi connectivity index (χ4n) is 3.47. The van der Waals surface area contributed by atoms with E-state index in [1.54, 1.807) is 0 Å². The van der Waals surface area contributed by atoms with Crippen molar-refractivity contribution in [1.29, 1.82) is 0 Å². The Labute approximate surface area is 127 Å². The molecule has 2 atom stereocenters. The van der Waals surface area contributed by atoms with Crippen LogP contribution in [0, 0.1) is 0 Å². The molecule has 2 bridgehead atoms. The van der Waals surface area contributed by atoms with Gasteiger partial charge in [0.05, 0.1) is 10.6 Å². The average molecular weight is 318 g/mol. The highest BCUT2D eigenvalue weighted by molar-refractivity contribution is 7.89. The van der Waals surface area contributed by atoms with Crippen LogP contribution in [0.1, 0.15) is 29.4 Å². The van der Waals surface area contributed by atoms with Crippen LogP contribution in [-0.4, -0.2) is 23.2 Å². The molecule has 0 radical (unpaired) electrons. The number of nitrogens with two attached hydrogens (primary N) is 1. The summed E-state index contributed by atoms with van der Waals surface area (Å²) in [6.45, 7) is 0. The summed E-state index contributed by atoms with van der Waals surface area (Å²) in [7, 11) is -3.77. The van der Waals surface area contributed by atoms with E-state index >= 15 is 0 Å². The minimum atomic E-state index is -3.77. The highest BCUT2D eigenvalue weighted by atomic mass is 32.2. The molecule has 0 saturated carbocycles. The molecule has 0 amide bonds. The Kier molecular flexibility index (Phi) is 2.53. The van der Waals surface area contributed by atoms with Gasteiger partial charge < -0.3 is 10.2 Å². The van der Waals surface area contributed by atoms with Crippen LogP contribution < -0.4 is 5.14 Å². The highest BCUT2D eigenvalue weighted by Gasteiger charge is 2.41. The predicted molar refractivity (Wildman–Crippen MR) is 79.7 cm³/mol. The Balaban J connectivity index is 1.85. The molecular formula is C15H14N2O4S. The van der Waals surface area contributed by atoms with Gasteiger partial charge in [-0.1, -0.05) is 12.2 Å². The first-order valence-electron chi connectivity index (χ1n) is 6.86. The molecule has 2 aliphatic rings. The number of sulfonamides is 1. The molecule has 1 aromatic carbocycles. The molecule has 22 heavy (non-hydrogen) atoms. The van der Waals surface area contributed by atoms with Gasteiger partial charge in [-0.15, -0.1) is 0 Å². The SMILES string of the molecule is NS(=O)(=O)c1ccc(-n2c(O)c3c(c2O)C2C=CC3C2)cc1. The Morgan fingerprint density at radius 1 is 1.00 bits per heavy atom. The van der Waals surface area contributed by atoms with Gasteiger partial charge in [0.1, 0.15) is 0 Å². The van der Waals surface area contributed by atoms with E-state index in [0.29, 0.717) is 5.69 Å². The van der Waals surface area contributed by atoms with Crippen molar-refractivity contribution in [2.75, 3.05) is 0 Å². The Morgan fingerprint density at radius 2 is 1.50 bits per heavy atom. The van der Waals surface area contributed by atoms with Gasteiger partial charge in [-0.3, -0.25) is 4.57 Å². The maximum atomic E-state index is 11.3. The van der Waals surface area contributed by atoms with Crippen LogP contribution in [0.15, 0.2) is 41.3 Å². The van der Waals surface area contributed by atoms with Gasteiger partial charge in [-0.25, -0.2) is 13.6 Å². The molecule has 4 N–H and O–H groups in total. The number of allylic oxidation sites excluding steroid dienone is 2. The lowest BCUT2D eigenvalue weighted by Crippen LogP contribution is -2.12. The minimum absolute atomic E-state index is 0.00713. The number of hydrogen-bond acceptors (Lipinski definition) is 4. The standard InChI is InChI=1S/C15H14N2O4S/c16-22(20,21)11-5-3-10(4-6-11)17-14(18)12-8-1-2-9(7-8)13(12)15(17)19/h1-6,8-9,18-19H,7H2,(H2,16,20,21). The average Bonchev–Trinajstić information content (AvgIpc) is 3.12. The van der Waals surface area contributed by atoms with E-state index in [-0.39, 0.29) is 28.5 Å². The molecule has 114 valence electrons. The first kappa shape index (κ1) is 13.4. The van der Waals surface area contributed by atoms with Crippen molar-refractivity contribution in [3.63, 3.8) is 0 Å². The molecule has 2 aliphatic carbocycles. The lowest BCUT2D eigenvalue weighted by atomic mass is 10.0. The number of aromatic hydroxyl groups is 2. The Hall–Kier alpha value is -2.25. The summed E-state index contributed by atoms with van der Waals surface area (Å²) in [6.07, 6.45) is 4.97. The second-order valence-electron chi connectivity index (χ2n) is 5.68. The molecule has 4 rings (SSSR count). The molecule has 2 unspecified atom stereocenters. The van der Waals surface area contributed by atoms with E-state index < -0.39 is 10.0 Å². The zero-order chi connectivity index (χ0) is 15.6. The summed E-state index contributed by atoms with van der Waals surface area (Å²) >= 11 is 0. The molecule has 0 fully saturated rings. The Morgan fingerprint density at radius 3 is 1.95 bits per heavy atom. The van der Waals surface area contributed by atoms with Crippen LogP contribution in [-0.2, 0) is 10.0 Å². The Bertz CT molecular complexity index is 875. The largest absolute Gasteiger partial charge is 0.494 e. The van der Waals surface area contributed by atoms with Crippen LogP contribution in [0.25, 0.3) is 5.69 Å². The normalized spacial score (nSPS) is 22.2. The molecule has 0 spiro atoms. The third-order valence-electron chi connectivity index (χ3n) is 4.44.